The highest BCUT2D eigenvalue weighted by Gasteiger charge is 2.37. The fraction of sp³-hybridized carbons (Fsp3) is 0.357. The molecule has 0 bridgehead atoms. The second-order valence-corrected chi connectivity index (χ2v) is 5.94. The first-order valence-electron chi connectivity index (χ1n) is 6.40. The topological polar surface area (TPSA) is 93.4 Å². The maximum atomic E-state index is 12.0. The van der Waals surface area contributed by atoms with Gasteiger partial charge in [0.15, 0.2) is 0 Å². The van der Waals surface area contributed by atoms with Gasteiger partial charge in [0, 0.05) is 23.5 Å². The molecule has 1 atom stereocenters. The molecule has 1 aromatic rings. The number of carbonyl (C=O) groups is 2. The van der Waals surface area contributed by atoms with Gasteiger partial charge in [-0.05, 0) is 18.2 Å². The Kier molecular flexibility index (Phi) is 4.48. The Bertz CT molecular complexity index is 620. The lowest BCUT2D eigenvalue weighted by atomic mass is 9.87. The number of aliphatic carboxylic acids is 1. The van der Waals surface area contributed by atoms with E-state index >= 15 is 0 Å². The van der Waals surface area contributed by atoms with Gasteiger partial charge in [0.2, 0.25) is 0 Å². The maximum Gasteiger partial charge on any atom is 0.321 e. The van der Waals surface area contributed by atoms with Crippen molar-refractivity contribution in [2.24, 2.45) is 11.8 Å². The zero-order valence-electron chi connectivity index (χ0n) is 11.3. The van der Waals surface area contributed by atoms with E-state index in [1.807, 2.05) is 6.07 Å². The van der Waals surface area contributed by atoms with Crippen LogP contribution in [-0.4, -0.2) is 35.1 Å². The van der Waals surface area contributed by atoms with E-state index in [2.05, 4.69) is 21.2 Å². The van der Waals surface area contributed by atoms with Crippen molar-refractivity contribution in [2.45, 2.75) is 6.92 Å². The first kappa shape index (κ1) is 15.3. The van der Waals surface area contributed by atoms with Crippen LogP contribution in [0.15, 0.2) is 22.7 Å². The van der Waals surface area contributed by atoms with Crippen LogP contribution in [0.3, 0.4) is 0 Å². The molecule has 0 spiro atoms. The molecule has 1 aromatic carbocycles. The van der Waals surface area contributed by atoms with Crippen LogP contribution in [0.25, 0.3) is 0 Å². The summed E-state index contributed by atoms with van der Waals surface area (Å²) in [6, 6.07) is 6.72. The summed E-state index contributed by atoms with van der Waals surface area (Å²) in [6.45, 7) is 2.47. The SMILES string of the molecule is CC(C(=O)O)C1CN(C(=O)Nc2ccc(Br)cc2C#N)C1. The summed E-state index contributed by atoms with van der Waals surface area (Å²) in [5.41, 5.74) is 0.814. The summed E-state index contributed by atoms with van der Waals surface area (Å²) in [5, 5.41) is 20.6. The van der Waals surface area contributed by atoms with Gasteiger partial charge in [-0.2, -0.15) is 5.26 Å². The standard InChI is InChI=1S/C14H14BrN3O3/c1-8(13(19)20)10-6-18(7-10)14(21)17-12-3-2-11(15)4-9(12)5-16/h2-4,8,10H,6-7H2,1H3,(H,17,21)(H,19,20). The second kappa shape index (κ2) is 6.14. The molecule has 0 aromatic heterocycles. The minimum Gasteiger partial charge on any atom is -0.481 e. The van der Waals surface area contributed by atoms with Crippen LogP contribution in [0.2, 0.25) is 0 Å². The van der Waals surface area contributed by atoms with E-state index < -0.39 is 11.9 Å². The highest BCUT2D eigenvalue weighted by atomic mass is 79.9. The molecule has 1 fully saturated rings. The molecule has 110 valence electrons. The first-order chi connectivity index (χ1) is 9.92. The molecule has 1 unspecified atom stereocenters. The number of halogens is 1. The number of carboxylic acid groups (broad SMARTS) is 1. The van der Waals surface area contributed by atoms with E-state index in [1.165, 1.54) is 4.90 Å². The van der Waals surface area contributed by atoms with Crippen LogP contribution < -0.4 is 5.32 Å². The summed E-state index contributed by atoms with van der Waals surface area (Å²) in [5.74, 6) is -1.33. The Labute approximate surface area is 130 Å². The number of amides is 2. The molecule has 2 rings (SSSR count). The molecule has 1 aliphatic rings. The lowest BCUT2D eigenvalue weighted by Gasteiger charge is -2.41. The van der Waals surface area contributed by atoms with Crippen molar-refractivity contribution >= 4 is 33.6 Å². The summed E-state index contributed by atoms with van der Waals surface area (Å²) >= 11 is 3.26. The molecule has 2 amide bonds. The maximum absolute atomic E-state index is 12.0. The number of likely N-dealkylation sites (tertiary alicyclic amines) is 1. The van der Waals surface area contributed by atoms with E-state index in [0.717, 1.165) is 4.47 Å². The van der Waals surface area contributed by atoms with E-state index in [0.29, 0.717) is 24.3 Å². The number of rotatable bonds is 3. The van der Waals surface area contributed by atoms with Crippen molar-refractivity contribution in [1.29, 1.82) is 5.26 Å². The largest absolute Gasteiger partial charge is 0.481 e. The van der Waals surface area contributed by atoms with Crippen molar-refractivity contribution in [2.75, 3.05) is 18.4 Å². The quantitative estimate of drug-likeness (QED) is 0.874. The van der Waals surface area contributed by atoms with Crippen LogP contribution >= 0.6 is 15.9 Å². The van der Waals surface area contributed by atoms with Gasteiger partial charge in [-0.1, -0.05) is 22.9 Å². The molecule has 6 nitrogen and oxygen atoms in total. The molecule has 0 radical (unpaired) electrons. The fourth-order valence-electron chi connectivity index (χ4n) is 2.11. The fourth-order valence-corrected chi connectivity index (χ4v) is 2.47. The predicted molar refractivity (Wildman–Crippen MR) is 79.7 cm³/mol. The lowest BCUT2D eigenvalue weighted by molar-refractivity contribution is -0.144. The highest BCUT2D eigenvalue weighted by molar-refractivity contribution is 9.10. The third kappa shape index (κ3) is 3.34. The Balaban J connectivity index is 1.96. The molecule has 1 saturated heterocycles. The average Bonchev–Trinajstić information content (AvgIpc) is 2.38. The van der Waals surface area contributed by atoms with Crippen molar-refractivity contribution in [1.82, 2.24) is 4.90 Å². The Morgan fingerprint density at radius 3 is 2.76 bits per heavy atom. The van der Waals surface area contributed by atoms with E-state index in [1.54, 1.807) is 25.1 Å². The van der Waals surface area contributed by atoms with E-state index in [9.17, 15) is 9.59 Å². The zero-order valence-corrected chi connectivity index (χ0v) is 12.9. The number of urea groups is 1. The van der Waals surface area contributed by atoms with Crippen LogP contribution in [0, 0.1) is 23.2 Å². The molecule has 7 heteroatoms. The molecule has 1 heterocycles. The molecule has 2 N–H and O–H groups in total. The molecular weight excluding hydrogens is 338 g/mol. The molecular formula is C14H14BrN3O3. The summed E-state index contributed by atoms with van der Waals surface area (Å²) < 4.78 is 0.761. The van der Waals surface area contributed by atoms with Gasteiger partial charge >= 0.3 is 12.0 Å². The van der Waals surface area contributed by atoms with Crippen molar-refractivity contribution in [3.8, 4) is 6.07 Å². The smallest absolute Gasteiger partial charge is 0.321 e. The van der Waals surface area contributed by atoms with Crippen LogP contribution in [0.4, 0.5) is 10.5 Å². The highest BCUT2D eigenvalue weighted by Crippen LogP contribution is 2.26. The van der Waals surface area contributed by atoms with Gasteiger partial charge in [-0.15, -0.1) is 0 Å². The lowest BCUT2D eigenvalue weighted by Crippen LogP contribution is -2.54. The van der Waals surface area contributed by atoms with Gasteiger partial charge in [0.25, 0.3) is 0 Å². The number of hydrogen-bond donors (Lipinski definition) is 2. The predicted octanol–water partition coefficient (Wildman–Crippen LogP) is 2.51. The van der Waals surface area contributed by atoms with E-state index in [4.69, 9.17) is 10.4 Å². The van der Waals surface area contributed by atoms with Gasteiger partial charge in [-0.25, -0.2) is 4.79 Å². The minimum absolute atomic E-state index is 0.0198. The van der Waals surface area contributed by atoms with Crippen molar-refractivity contribution in [3.63, 3.8) is 0 Å². The van der Waals surface area contributed by atoms with Crippen molar-refractivity contribution < 1.29 is 14.7 Å². The number of carboxylic acids is 1. The van der Waals surface area contributed by atoms with Gasteiger partial charge in [-0.3, -0.25) is 4.79 Å². The molecule has 1 aliphatic heterocycles. The normalized spacial score (nSPS) is 15.8. The average molecular weight is 352 g/mol. The zero-order chi connectivity index (χ0) is 15.6. The Morgan fingerprint density at radius 1 is 1.52 bits per heavy atom. The molecule has 0 aliphatic carbocycles. The summed E-state index contributed by atoms with van der Waals surface area (Å²) in [6.07, 6.45) is 0. The van der Waals surface area contributed by atoms with Crippen LogP contribution in [0.1, 0.15) is 12.5 Å². The molecule has 21 heavy (non-hydrogen) atoms. The number of hydrogen-bond acceptors (Lipinski definition) is 3. The number of nitrogens with one attached hydrogen (secondary N) is 1. The summed E-state index contributed by atoms with van der Waals surface area (Å²) in [4.78, 5) is 24.4. The third-order valence-electron chi connectivity index (χ3n) is 3.64. The Hall–Kier alpha value is -2.07. The number of anilines is 1. The number of benzene rings is 1. The third-order valence-corrected chi connectivity index (χ3v) is 4.13. The second-order valence-electron chi connectivity index (χ2n) is 5.02. The minimum atomic E-state index is -0.847. The number of nitrogens with zero attached hydrogens (tertiary/aromatic N) is 2. The van der Waals surface area contributed by atoms with Crippen LogP contribution in [-0.2, 0) is 4.79 Å². The number of carbonyl (C=O) groups excluding carboxylic acids is 1. The van der Waals surface area contributed by atoms with Crippen molar-refractivity contribution in [3.05, 3.63) is 28.2 Å². The molecule has 0 saturated carbocycles. The first-order valence-corrected chi connectivity index (χ1v) is 7.20. The van der Waals surface area contributed by atoms with Gasteiger partial charge in [0.05, 0.1) is 17.2 Å². The number of nitriles is 1. The van der Waals surface area contributed by atoms with Gasteiger partial charge in [0.1, 0.15) is 6.07 Å². The summed E-state index contributed by atoms with van der Waals surface area (Å²) in [7, 11) is 0. The Morgan fingerprint density at radius 2 is 2.19 bits per heavy atom. The van der Waals surface area contributed by atoms with E-state index in [-0.39, 0.29) is 11.9 Å². The van der Waals surface area contributed by atoms with Crippen LogP contribution in [0.5, 0.6) is 0 Å². The monoisotopic (exact) mass is 351 g/mol. The van der Waals surface area contributed by atoms with Gasteiger partial charge < -0.3 is 15.3 Å².